The van der Waals surface area contributed by atoms with Gasteiger partial charge in [-0.25, -0.2) is 8.42 Å². The van der Waals surface area contributed by atoms with Crippen molar-refractivity contribution in [1.82, 2.24) is 5.32 Å². The van der Waals surface area contributed by atoms with Gasteiger partial charge in [0.25, 0.3) is 0 Å². The zero-order valence-corrected chi connectivity index (χ0v) is 16.6. The van der Waals surface area contributed by atoms with Crippen LogP contribution < -0.4 is 39.6 Å². The maximum Gasteiger partial charge on any atom is 1.00 e. The van der Waals surface area contributed by atoms with Crippen LogP contribution in [-0.2, 0) is 10.0 Å². The molecule has 1 aromatic carbocycles. The maximum absolute atomic E-state index is 12.1. The molecular weight excluding hydrogens is 327 g/mol. The quantitative estimate of drug-likeness (QED) is 0.779. The molecule has 0 radical (unpaired) electrons. The summed E-state index contributed by atoms with van der Waals surface area (Å²) < 4.78 is 32.4. The summed E-state index contributed by atoms with van der Waals surface area (Å²) in [6, 6.07) is 4.99. The molecule has 2 rings (SSSR count). The van der Waals surface area contributed by atoms with Crippen molar-refractivity contribution < 1.29 is 47.5 Å². The molecule has 0 aliphatic heterocycles. The number of benzene rings is 1. The summed E-state index contributed by atoms with van der Waals surface area (Å²) in [5.41, 5.74) is 0. The topological polar surface area (TPSA) is 86.6 Å². The molecule has 0 spiro atoms. The molecule has 1 aliphatic rings. The minimum atomic E-state index is -3.99. The molecule has 1 aliphatic carbocycles. The van der Waals surface area contributed by atoms with Crippen molar-refractivity contribution in [3.63, 3.8) is 0 Å². The summed E-state index contributed by atoms with van der Waals surface area (Å²) >= 11 is 0. The number of methoxy groups -OCH3 is 1. The summed E-state index contributed by atoms with van der Waals surface area (Å²) in [6.07, 6.45) is 3.81. The Bertz CT molecular complexity index is 611. The van der Waals surface area contributed by atoms with Crippen molar-refractivity contribution in [3.8, 4) is 5.75 Å². The molecule has 0 unspecified atom stereocenters. The number of amides is 2. The fraction of sp³-hybridized carbons (Fsp3) is 0.533. The predicted octanol–water partition coefficient (Wildman–Crippen LogP) is 0.0499. The average Bonchev–Trinajstić information content (AvgIpc) is 2.49. The molecule has 1 fully saturated rings. The van der Waals surface area contributed by atoms with E-state index >= 15 is 0 Å². The first kappa shape index (κ1) is 20.3. The fourth-order valence-electron chi connectivity index (χ4n) is 2.51. The molecule has 1 aromatic rings. The normalized spacial score (nSPS) is 21.0. The van der Waals surface area contributed by atoms with Crippen LogP contribution in [0.5, 0.6) is 5.75 Å². The van der Waals surface area contributed by atoms with Crippen molar-refractivity contribution in [1.29, 1.82) is 0 Å². The Morgan fingerprint density at radius 3 is 2.26 bits per heavy atom. The van der Waals surface area contributed by atoms with Gasteiger partial charge < -0.3 is 14.8 Å². The van der Waals surface area contributed by atoms with Crippen LogP contribution in [0.2, 0.25) is 0 Å². The summed E-state index contributed by atoms with van der Waals surface area (Å²) in [7, 11) is -2.50. The minimum Gasteiger partial charge on any atom is -0.497 e. The molecule has 0 heterocycles. The number of ether oxygens (including phenoxy) is 1. The molecule has 1 saturated carbocycles. The summed E-state index contributed by atoms with van der Waals surface area (Å²) in [5, 5.41) is 2.68. The van der Waals surface area contributed by atoms with Crippen LogP contribution in [0.1, 0.15) is 32.6 Å². The van der Waals surface area contributed by atoms with E-state index in [9.17, 15) is 13.2 Å². The van der Waals surface area contributed by atoms with E-state index in [1.165, 1.54) is 31.4 Å². The van der Waals surface area contributed by atoms with Gasteiger partial charge in [-0.1, -0.05) is 32.6 Å². The van der Waals surface area contributed by atoms with Gasteiger partial charge in [0, 0.05) is 0 Å². The van der Waals surface area contributed by atoms with Crippen molar-refractivity contribution >= 4 is 16.1 Å². The number of sulfonamides is 1. The Kier molecular flexibility index (Phi) is 7.86. The van der Waals surface area contributed by atoms with Gasteiger partial charge in [-0.15, -0.1) is 0 Å². The molecule has 6 nitrogen and oxygen atoms in total. The molecule has 2 amide bonds. The van der Waals surface area contributed by atoms with Gasteiger partial charge in [0.1, 0.15) is 5.75 Å². The van der Waals surface area contributed by atoms with E-state index in [0.29, 0.717) is 11.7 Å². The Hall–Kier alpha value is -0.760. The van der Waals surface area contributed by atoms with Crippen LogP contribution in [-0.4, -0.2) is 27.6 Å². The van der Waals surface area contributed by atoms with Gasteiger partial charge in [0.15, 0.2) is 6.03 Å². The van der Waals surface area contributed by atoms with Crippen molar-refractivity contribution in [3.05, 3.63) is 29.0 Å². The van der Waals surface area contributed by atoms with Gasteiger partial charge >= 0.3 is 29.6 Å². The number of nitrogens with one attached hydrogen (secondary N) is 1. The number of hydrogen-bond donors (Lipinski definition) is 1. The van der Waals surface area contributed by atoms with Gasteiger partial charge in [-0.05, 0) is 36.2 Å². The Labute approximate surface area is 159 Å². The molecule has 23 heavy (non-hydrogen) atoms. The Morgan fingerprint density at radius 1 is 1.17 bits per heavy atom. The minimum absolute atomic E-state index is 0. The molecule has 1 N–H and O–H groups in total. The molecule has 0 saturated heterocycles. The maximum atomic E-state index is 12.1. The van der Waals surface area contributed by atoms with E-state index in [4.69, 9.17) is 4.74 Å². The first-order chi connectivity index (χ1) is 10.4. The summed E-state index contributed by atoms with van der Waals surface area (Å²) in [5.74, 6) is 1.20. The SMILES string of the molecule is COc1ccc(S(=O)(=O)[N-]C(=O)NC2CCC(C)CC2)cc1.[Na+]. The predicted molar refractivity (Wildman–Crippen MR) is 83.5 cm³/mol. The van der Waals surface area contributed by atoms with Crippen molar-refractivity contribution in [2.45, 2.75) is 43.5 Å². The van der Waals surface area contributed by atoms with E-state index in [1.54, 1.807) is 0 Å². The van der Waals surface area contributed by atoms with Crippen LogP contribution in [0.4, 0.5) is 4.79 Å². The standard InChI is InChI=1S/C15H22N2O4S.Na/c1-11-3-5-12(6-4-11)16-15(18)17-22(19,20)14-9-7-13(21-2)8-10-14;/h7-12H,3-6H2,1-2H3,(H2,16,17,18);/q;+1/p-1. The summed E-state index contributed by atoms with van der Waals surface area (Å²) in [6.45, 7) is 2.18. The second kappa shape index (κ2) is 8.92. The van der Waals surface area contributed by atoms with Gasteiger partial charge in [-0.2, -0.15) is 0 Å². The van der Waals surface area contributed by atoms with E-state index < -0.39 is 16.1 Å². The molecule has 0 aromatic heterocycles. The first-order valence-electron chi connectivity index (χ1n) is 7.33. The van der Waals surface area contributed by atoms with Gasteiger partial charge in [-0.3, -0.25) is 4.79 Å². The zero-order valence-electron chi connectivity index (χ0n) is 13.8. The second-order valence-electron chi connectivity index (χ2n) is 5.65. The number of carbonyl (C=O) groups excluding carboxylic acids is 1. The van der Waals surface area contributed by atoms with E-state index in [1.807, 2.05) is 0 Å². The number of hydrogen-bond acceptors (Lipinski definition) is 4. The largest absolute Gasteiger partial charge is 1.00 e. The van der Waals surface area contributed by atoms with Crippen LogP contribution in [0.25, 0.3) is 4.72 Å². The zero-order chi connectivity index (χ0) is 16.2. The first-order valence-corrected chi connectivity index (χ1v) is 8.77. The molecule has 0 atom stereocenters. The van der Waals surface area contributed by atoms with Gasteiger partial charge in [0.2, 0.25) is 10.0 Å². The Balaban J connectivity index is 0.00000264. The molecule has 8 heteroatoms. The van der Waals surface area contributed by atoms with Crippen LogP contribution >= 0.6 is 0 Å². The smallest absolute Gasteiger partial charge is 0.497 e. The van der Waals surface area contributed by atoms with E-state index in [0.717, 1.165) is 25.7 Å². The fourth-order valence-corrected chi connectivity index (χ4v) is 3.37. The van der Waals surface area contributed by atoms with Crippen molar-refractivity contribution in [2.75, 3.05) is 7.11 Å². The third kappa shape index (κ3) is 5.99. The number of rotatable bonds is 4. The number of urea groups is 1. The number of nitrogens with zero attached hydrogens (tertiary/aromatic N) is 1. The van der Waals surface area contributed by atoms with Gasteiger partial charge in [0.05, 0.1) is 12.0 Å². The van der Waals surface area contributed by atoms with E-state index in [-0.39, 0.29) is 40.5 Å². The molecule has 0 bridgehead atoms. The monoisotopic (exact) mass is 348 g/mol. The average molecular weight is 348 g/mol. The van der Waals surface area contributed by atoms with Crippen LogP contribution in [0.3, 0.4) is 0 Å². The summed E-state index contributed by atoms with van der Waals surface area (Å²) in [4.78, 5) is 11.8. The van der Waals surface area contributed by atoms with Crippen molar-refractivity contribution in [2.24, 2.45) is 5.92 Å². The second-order valence-corrected chi connectivity index (χ2v) is 7.25. The van der Waals surface area contributed by atoms with E-state index in [2.05, 4.69) is 17.0 Å². The molecular formula is C15H21N2NaO4S. The van der Waals surface area contributed by atoms with Crippen LogP contribution in [0.15, 0.2) is 29.2 Å². The molecule has 122 valence electrons. The van der Waals surface area contributed by atoms with Crippen LogP contribution in [0, 0.1) is 5.92 Å². The Morgan fingerprint density at radius 2 is 1.74 bits per heavy atom. The third-order valence-corrected chi connectivity index (χ3v) is 5.18. The third-order valence-electron chi connectivity index (χ3n) is 3.90. The number of carbonyl (C=O) groups is 1.